The minimum absolute atomic E-state index is 0.0284. The molecule has 2 aromatic rings. The summed E-state index contributed by atoms with van der Waals surface area (Å²) in [6, 6.07) is 13.6. The number of cyclic esters (lactones) is 1. The molecule has 1 atom stereocenters. The quantitative estimate of drug-likeness (QED) is 0.628. The fourth-order valence-electron chi connectivity index (χ4n) is 2.62. The Labute approximate surface area is 144 Å². The molecule has 0 saturated carbocycles. The first kappa shape index (κ1) is 16.7. The number of benzene rings is 2. The van der Waals surface area contributed by atoms with E-state index in [1.165, 1.54) is 7.11 Å². The van der Waals surface area contributed by atoms with Gasteiger partial charge >= 0.3 is 17.9 Å². The lowest BCUT2D eigenvalue weighted by molar-refractivity contribution is -0.155. The first-order valence-corrected chi connectivity index (χ1v) is 7.71. The number of esters is 3. The zero-order valence-corrected chi connectivity index (χ0v) is 13.6. The van der Waals surface area contributed by atoms with Crippen LogP contribution in [0.15, 0.2) is 48.5 Å². The number of ether oxygens (including phenoxy) is 3. The molecular weight excluding hydrogens is 324 g/mol. The predicted octanol–water partition coefficient (Wildman–Crippen LogP) is 2.30. The van der Waals surface area contributed by atoms with Gasteiger partial charge in [0.05, 0.1) is 18.2 Å². The third-order valence-corrected chi connectivity index (χ3v) is 3.88. The molecule has 1 heterocycles. The Balaban J connectivity index is 1.64. The van der Waals surface area contributed by atoms with Crippen LogP contribution < -0.4 is 0 Å². The monoisotopic (exact) mass is 340 g/mol. The highest BCUT2D eigenvalue weighted by Gasteiger charge is 2.32. The van der Waals surface area contributed by atoms with Crippen molar-refractivity contribution in [3.8, 4) is 0 Å². The molecule has 1 aliphatic rings. The zero-order chi connectivity index (χ0) is 17.8. The highest BCUT2D eigenvalue weighted by Crippen LogP contribution is 2.21. The van der Waals surface area contributed by atoms with Crippen molar-refractivity contribution < 1.29 is 28.6 Å². The van der Waals surface area contributed by atoms with Crippen LogP contribution in [0.4, 0.5) is 0 Å². The van der Waals surface area contributed by atoms with E-state index in [9.17, 15) is 14.4 Å². The summed E-state index contributed by atoms with van der Waals surface area (Å²) in [7, 11) is 1.30. The number of carbonyl (C=O) groups is 3. The topological polar surface area (TPSA) is 78.9 Å². The van der Waals surface area contributed by atoms with Crippen molar-refractivity contribution in [3.63, 3.8) is 0 Å². The minimum Gasteiger partial charge on any atom is -0.465 e. The Bertz CT molecular complexity index is 826. The highest BCUT2D eigenvalue weighted by atomic mass is 16.6. The molecule has 6 heteroatoms. The molecule has 0 fully saturated rings. The summed E-state index contributed by atoms with van der Waals surface area (Å²) < 4.78 is 15.0. The van der Waals surface area contributed by atoms with E-state index in [0.717, 1.165) is 5.56 Å². The predicted molar refractivity (Wildman–Crippen MR) is 86.9 cm³/mol. The van der Waals surface area contributed by atoms with Crippen molar-refractivity contribution in [2.45, 2.75) is 19.1 Å². The summed E-state index contributed by atoms with van der Waals surface area (Å²) in [6.07, 6.45) is -0.686. The van der Waals surface area contributed by atoms with E-state index in [4.69, 9.17) is 9.47 Å². The Morgan fingerprint density at radius 1 is 1.16 bits per heavy atom. The third kappa shape index (κ3) is 3.68. The number of hydrogen-bond acceptors (Lipinski definition) is 6. The lowest BCUT2D eigenvalue weighted by atomic mass is 9.99. The number of methoxy groups -OCH3 is 1. The van der Waals surface area contributed by atoms with Gasteiger partial charge < -0.3 is 14.2 Å². The fraction of sp³-hybridized carbons (Fsp3) is 0.211. The van der Waals surface area contributed by atoms with E-state index in [1.54, 1.807) is 48.5 Å². The van der Waals surface area contributed by atoms with Crippen LogP contribution in [0.3, 0.4) is 0 Å². The van der Waals surface area contributed by atoms with Gasteiger partial charge in [-0.3, -0.25) is 0 Å². The lowest BCUT2D eigenvalue weighted by Crippen LogP contribution is -2.35. The normalized spacial score (nSPS) is 15.7. The molecule has 0 radical (unpaired) electrons. The maximum Gasteiger partial charge on any atom is 0.348 e. The molecule has 0 aliphatic carbocycles. The van der Waals surface area contributed by atoms with Crippen molar-refractivity contribution in [1.29, 1.82) is 0 Å². The second-order valence-electron chi connectivity index (χ2n) is 5.55. The van der Waals surface area contributed by atoms with Crippen LogP contribution in [0.25, 0.3) is 0 Å². The van der Waals surface area contributed by atoms with E-state index in [2.05, 4.69) is 4.74 Å². The summed E-state index contributed by atoms with van der Waals surface area (Å²) >= 11 is 0. The Morgan fingerprint density at radius 2 is 1.96 bits per heavy atom. The van der Waals surface area contributed by atoms with Crippen LogP contribution in [0.2, 0.25) is 0 Å². The van der Waals surface area contributed by atoms with Gasteiger partial charge in [0.2, 0.25) is 6.10 Å². The van der Waals surface area contributed by atoms with Crippen LogP contribution in [0.1, 0.15) is 31.8 Å². The molecule has 0 spiro atoms. The summed E-state index contributed by atoms with van der Waals surface area (Å²) in [5, 5.41) is 0. The van der Waals surface area contributed by atoms with Crippen molar-refractivity contribution in [2.75, 3.05) is 7.11 Å². The van der Waals surface area contributed by atoms with E-state index in [0.29, 0.717) is 16.7 Å². The molecule has 1 unspecified atom stereocenters. The second kappa shape index (κ2) is 7.17. The molecule has 0 amide bonds. The second-order valence-corrected chi connectivity index (χ2v) is 5.55. The summed E-state index contributed by atoms with van der Waals surface area (Å²) in [6.45, 7) is -0.0284. The molecule has 0 aromatic heterocycles. The van der Waals surface area contributed by atoms with Gasteiger partial charge in [-0.05, 0) is 29.3 Å². The lowest BCUT2D eigenvalue weighted by Gasteiger charge is -2.23. The average Bonchev–Trinajstić information content (AvgIpc) is 2.65. The van der Waals surface area contributed by atoms with Crippen LogP contribution in [-0.4, -0.2) is 31.1 Å². The maximum atomic E-state index is 12.2. The van der Waals surface area contributed by atoms with E-state index < -0.39 is 24.0 Å². The van der Waals surface area contributed by atoms with E-state index in [1.807, 2.05) is 0 Å². The SMILES string of the molecule is COC(=O)c1cccc(COC(=O)C2Cc3ccccc3C(=O)O2)c1. The molecule has 0 bridgehead atoms. The van der Waals surface area contributed by atoms with Gasteiger partial charge in [0, 0.05) is 6.42 Å². The van der Waals surface area contributed by atoms with Gasteiger partial charge in [-0.1, -0.05) is 30.3 Å². The van der Waals surface area contributed by atoms with Gasteiger partial charge in [-0.25, -0.2) is 14.4 Å². The molecule has 6 nitrogen and oxygen atoms in total. The molecule has 25 heavy (non-hydrogen) atoms. The molecule has 0 saturated heterocycles. The van der Waals surface area contributed by atoms with Gasteiger partial charge in [0.15, 0.2) is 0 Å². The van der Waals surface area contributed by atoms with Gasteiger partial charge in [0.25, 0.3) is 0 Å². The standard InChI is InChI=1S/C19H16O6/c1-23-17(20)14-7-4-5-12(9-14)11-24-19(22)16-10-13-6-2-3-8-15(13)18(21)25-16/h2-9,16H,10-11H2,1H3. The first-order valence-electron chi connectivity index (χ1n) is 7.71. The number of rotatable bonds is 4. The van der Waals surface area contributed by atoms with Crippen LogP contribution in [0, 0.1) is 0 Å². The molecular formula is C19H16O6. The summed E-state index contributed by atoms with van der Waals surface area (Å²) in [5.74, 6) is -1.62. The number of carbonyl (C=O) groups excluding carboxylic acids is 3. The van der Waals surface area contributed by atoms with Crippen LogP contribution in [0.5, 0.6) is 0 Å². The average molecular weight is 340 g/mol. The smallest absolute Gasteiger partial charge is 0.348 e. The summed E-state index contributed by atoms with van der Waals surface area (Å²) in [5.41, 5.74) is 2.23. The van der Waals surface area contributed by atoms with Gasteiger partial charge in [0.1, 0.15) is 6.61 Å². The molecule has 3 rings (SSSR count). The van der Waals surface area contributed by atoms with Crippen molar-refractivity contribution in [2.24, 2.45) is 0 Å². The van der Waals surface area contributed by atoms with Crippen molar-refractivity contribution in [1.82, 2.24) is 0 Å². The van der Waals surface area contributed by atoms with Crippen molar-refractivity contribution in [3.05, 3.63) is 70.8 Å². The number of hydrogen-bond donors (Lipinski definition) is 0. The van der Waals surface area contributed by atoms with Crippen LogP contribution in [-0.2, 0) is 32.0 Å². The van der Waals surface area contributed by atoms with Crippen molar-refractivity contribution >= 4 is 17.9 Å². The Morgan fingerprint density at radius 3 is 2.76 bits per heavy atom. The van der Waals surface area contributed by atoms with Crippen LogP contribution >= 0.6 is 0 Å². The van der Waals surface area contributed by atoms with E-state index in [-0.39, 0.29) is 13.0 Å². The molecule has 1 aliphatic heterocycles. The van der Waals surface area contributed by atoms with Gasteiger partial charge in [-0.2, -0.15) is 0 Å². The summed E-state index contributed by atoms with van der Waals surface area (Å²) in [4.78, 5) is 35.7. The third-order valence-electron chi connectivity index (χ3n) is 3.88. The largest absolute Gasteiger partial charge is 0.465 e. The van der Waals surface area contributed by atoms with Gasteiger partial charge in [-0.15, -0.1) is 0 Å². The zero-order valence-electron chi connectivity index (χ0n) is 13.6. The highest BCUT2D eigenvalue weighted by molar-refractivity contribution is 5.95. The molecule has 0 N–H and O–H groups in total. The first-order chi connectivity index (χ1) is 12.1. The number of fused-ring (bicyclic) bond motifs is 1. The fourth-order valence-corrected chi connectivity index (χ4v) is 2.62. The molecule has 2 aromatic carbocycles. The Kier molecular flexibility index (Phi) is 4.79. The van der Waals surface area contributed by atoms with E-state index >= 15 is 0 Å². The maximum absolute atomic E-state index is 12.2. The molecule has 128 valence electrons. The minimum atomic E-state index is -0.966. The Hall–Kier alpha value is -3.15.